The molecule has 0 aliphatic carbocycles. The van der Waals surface area contributed by atoms with Crippen LogP contribution >= 0.6 is 0 Å². The number of carbonyl (C=O) groups is 1. The van der Waals surface area contributed by atoms with Crippen LogP contribution in [0.1, 0.15) is 23.6 Å². The highest BCUT2D eigenvalue weighted by molar-refractivity contribution is 5.82. The molecule has 1 amide bonds. The Morgan fingerprint density at radius 2 is 1.87 bits per heavy atom. The highest BCUT2D eigenvalue weighted by Gasteiger charge is 2.27. The van der Waals surface area contributed by atoms with Crippen LogP contribution in [0, 0.1) is 6.92 Å². The van der Waals surface area contributed by atoms with E-state index in [0.29, 0.717) is 19.1 Å². The summed E-state index contributed by atoms with van der Waals surface area (Å²) >= 11 is 0. The van der Waals surface area contributed by atoms with Crippen molar-refractivity contribution in [2.45, 2.75) is 32.9 Å². The third-order valence-electron chi connectivity index (χ3n) is 4.62. The molecule has 0 radical (unpaired) electrons. The third-order valence-corrected chi connectivity index (χ3v) is 4.62. The lowest BCUT2D eigenvalue weighted by Crippen LogP contribution is -2.40. The maximum atomic E-state index is 12.6. The van der Waals surface area contributed by atoms with Gasteiger partial charge in [0.15, 0.2) is 0 Å². The van der Waals surface area contributed by atoms with Crippen molar-refractivity contribution in [3.63, 3.8) is 0 Å². The van der Waals surface area contributed by atoms with Crippen LogP contribution in [0.5, 0.6) is 0 Å². The molecule has 0 bridgehead atoms. The molecule has 0 spiro atoms. The van der Waals surface area contributed by atoms with Crippen LogP contribution < -0.4 is 4.90 Å². The zero-order valence-corrected chi connectivity index (χ0v) is 14.1. The van der Waals surface area contributed by atoms with Gasteiger partial charge in [0.25, 0.3) is 0 Å². The minimum absolute atomic E-state index is 0.161. The van der Waals surface area contributed by atoms with E-state index < -0.39 is 0 Å². The Bertz CT molecular complexity index is 693. The van der Waals surface area contributed by atoms with Gasteiger partial charge in [0.2, 0.25) is 5.91 Å². The molecule has 1 atom stereocenters. The van der Waals surface area contributed by atoms with E-state index in [0.717, 1.165) is 6.42 Å². The number of benzene rings is 2. The summed E-state index contributed by atoms with van der Waals surface area (Å²) in [6, 6.07) is 17.1. The maximum absolute atomic E-state index is 12.6. The number of para-hydroxylation sites is 1. The van der Waals surface area contributed by atoms with Gasteiger partial charge in [-0.3, -0.25) is 4.79 Å². The van der Waals surface area contributed by atoms with Crippen LogP contribution in [0.4, 0.5) is 5.69 Å². The summed E-state index contributed by atoms with van der Waals surface area (Å²) in [5.74, 6) is 0.161. The van der Waals surface area contributed by atoms with Gasteiger partial charge in [0.05, 0.1) is 6.54 Å². The smallest absolute Gasteiger partial charge is 0.242 e. The molecule has 3 rings (SSSR count). The first-order valence-corrected chi connectivity index (χ1v) is 8.18. The average molecular weight is 308 g/mol. The summed E-state index contributed by atoms with van der Waals surface area (Å²) in [5.41, 5.74) is 4.96. The van der Waals surface area contributed by atoms with Gasteiger partial charge in [-0.1, -0.05) is 48.0 Å². The van der Waals surface area contributed by atoms with Crippen LogP contribution in [-0.2, 0) is 17.8 Å². The predicted octanol–water partition coefficient (Wildman–Crippen LogP) is 3.40. The van der Waals surface area contributed by atoms with E-state index in [4.69, 9.17) is 0 Å². The summed E-state index contributed by atoms with van der Waals surface area (Å²) in [5, 5.41) is 0. The van der Waals surface area contributed by atoms with Gasteiger partial charge < -0.3 is 9.80 Å². The lowest BCUT2D eigenvalue weighted by Gasteiger charge is -2.27. The van der Waals surface area contributed by atoms with E-state index >= 15 is 0 Å². The van der Waals surface area contributed by atoms with E-state index in [9.17, 15) is 4.79 Å². The van der Waals surface area contributed by atoms with Crippen molar-refractivity contribution in [3.8, 4) is 0 Å². The second-order valence-corrected chi connectivity index (χ2v) is 6.55. The number of likely N-dealkylation sites (N-methyl/N-ethyl adjacent to an activating group) is 1. The van der Waals surface area contributed by atoms with E-state index in [1.165, 1.54) is 22.4 Å². The molecule has 3 heteroatoms. The van der Waals surface area contributed by atoms with Gasteiger partial charge in [-0.2, -0.15) is 0 Å². The van der Waals surface area contributed by atoms with Gasteiger partial charge in [-0.25, -0.2) is 0 Å². The van der Waals surface area contributed by atoms with Crippen molar-refractivity contribution < 1.29 is 4.79 Å². The average Bonchev–Trinajstić information content (AvgIpc) is 2.85. The quantitative estimate of drug-likeness (QED) is 0.864. The van der Waals surface area contributed by atoms with E-state index in [1.807, 2.05) is 18.0 Å². The highest BCUT2D eigenvalue weighted by atomic mass is 16.2. The first kappa shape index (κ1) is 15.6. The topological polar surface area (TPSA) is 23.6 Å². The van der Waals surface area contributed by atoms with Crippen molar-refractivity contribution in [2.24, 2.45) is 0 Å². The van der Waals surface area contributed by atoms with Crippen molar-refractivity contribution in [1.82, 2.24) is 4.90 Å². The van der Waals surface area contributed by atoms with E-state index in [2.05, 4.69) is 61.2 Å². The molecule has 0 N–H and O–H groups in total. The van der Waals surface area contributed by atoms with Crippen LogP contribution in [0.15, 0.2) is 48.5 Å². The molecule has 2 aromatic rings. The van der Waals surface area contributed by atoms with Gasteiger partial charge >= 0.3 is 0 Å². The SMILES string of the molecule is Cc1ccc(CN(C)C(=O)CN2c3ccccc3C[C@H]2C)cc1. The van der Waals surface area contributed by atoms with Crippen molar-refractivity contribution >= 4 is 11.6 Å². The second-order valence-electron chi connectivity index (χ2n) is 6.55. The maximum Gasteiger partial charge on any atom is 0.242 e. The Balaban J connectivity index is 1.66. The Morgan fingerprint density at radius 3 is 2.61 bits per heavy atom. The fraction of sp³-hybridized carbons (Fsp3) is 0.350. The zero-order chi connectivity index (χ0) is 16.4. The fourth-order valence-electron chi connectivity index (χ4n) is 3.19. The van der Waals surface area contributed by atoms with Gasteiger partial charge in [0.1, 0.15) is 0 Å². The number of anilines is 1. The molecular weight excluding hydrogens is 284 g/mol. The number of rotatable bonds is 4. The molecule has 0 aromatic heterocycles. The molecule has 3 nitrogen and oxygen atoms in total. The lowest BCUT2D eigenvalue weighted by molar-refractivity contribution is -0.129. The molecule has 0 unspecified atom stereocenters. The number of aryl methyl sites for hydroxylation is 1. The summed E-state index contributed by atoms with van der Waals surface area (Å²) in [7, 11) is 1.88. The van der Waals surface area contributed by atoms with Crippen molar-refractivity contribution in [3.05, 3.63) is 65.2 Å². The first-order chi connectivity index (χ1) is 11.0. The van der Waals surface area contributed by atoms with Crippen molar-refractivity contribution in [1.29, 1.82) is 0 Å². The monoisotopic (exact) mass is 308 g/mol. The normalized spacial score (nSPS) is 16.3. The number of carbonyl (C=O) groups excluding carboxylic acids is 1. The molecule has 120 valence electrons. The number of hydrogen-bond donors (Lipinski definition) is 0. The van der Waals surface area contributed by atoms with E-state index in [-0.39, 0.29) is 5.91 Å². The molecule has 23 heavy (non-hydrogen) atoms. The number of fused-ring (bicyclic) bond motifs is 1. The Kier molecular flexibility index (Phi) is 4.37. The van der Waals surface area contributed by atoms with Crippen LogP contribution in [0.25, 0.3) is 0 Å². The van der Waals surface area contributed by atoms with Gasteiger partial charge in [0, 0.05) is 25.3 Å². The fourth-order valence-corrected chi connectivity index (χ4v) is 3.19. The molecular formula is C20H24N2O. The molecule has 1 heterocycles. The zero-order valence-electron chi connectivity index (χ0n) is 14.1. The largest absolute Gasteiger partial charge is 0.359 e. The van der Waals surface area contributed by atoms with Gasteiger partial charge in [-0.15, -0.1) is 0 Å². The molecule has 1 aliphatic heterocycles. The summed E-state index contributed by atoms with van der Waals surface area (Å²) in [6.45, 7) is 5.36. The van der Waals surface area contributed by atoms with E-state index in [1.54, 1.807) is 0 Å². The third kappa shape index (κ3) is 3.39. The molecule has 0 fully saturated rings. The molecule has 0 saturated carbocycles. The summed E-state index contributed by atoms with van der Waals surface area (Å²) in [4.78, 5) is 16.7. The Morgan fingerprint density at radius 1 is 1.17 bits per heavy atom. The van der Waals surface area contributed by atoms with Gasteiger partial charge in [-0.05, 0) is 37.5 Å². The number of hydrogen-bond acceptors (Lipinski definition) is 2. The number of amides is 1. The summed E-state index contributed by atoms with van der Waals surface area (Å²) in [6.07, 6.45) is 1.02. The Hall–Kier alpha value is -2.29. The van der Waals surface area contributed by atoms with Crippen LogP contribution in [-0.4, -0.2) is 30.4 Å². The second kappa shape index (κ2) is 6.45. The standard InChI is InChI=1S/C20H24N2O/c1-15-8-10-17(11-9-15)13-21(3)20(23)14-22-16(2)12-18-6-4-5-7-19(18)22/h4-11,16H,12-14H2,1-3H3/t16-/m1/s1. The molecule has 1 aliphatic rings. The van der Waals surface area contributed by atoms with Crippen LogP contribution in [0.3, 0.4) is 0 Å². The molecule has 2 aromatic carbocycles. The first-order valence-electron chi connectivity index (χ1n) is 8.18. The minimum atomic E-state index is 0.161. The minimum Gasteiger partial charge on any atom is -0.359 e. The molecule has 0 saturated heterocycles. The van der Waals surface area contributed by atoms with Crippen LogP contribution in [0.2, 0.25) is 0 Å². The summed E-state index contributed by atoms with van der Waals surface area (Å²) < 4.78 is 0. The van der Waals surface area contributed by atoms with Crippen molar-refractivity contribution in [2.75, 3.05) is 18.5 Å². The highest BCUT2D eigenvalue weighted by Crippen LogP contribution is 2.31. The Labute approximate surface area is 138 Å². The lowest BCUT2D eigenvalue weighted by atomic mass is 10.1. The predicted molar refractivity (Wildman–Crippen MR) is 94.6 cm³/mol. The number of nitrogens with zero attached hydrogens (tertiary/aromatic N) is 2.